The summed E-state index contributed by atoms with van der Waals surface area (Å²) in [5.74, 6) is 1.71. The van der Waals surface area contributed by atoms with Gasteiger partial charge in [0.15, 0.2) is 0 Å². The van der Waals surface area contributed by atoms with Gasteiger partial charge in [0, 0.05) is 6.61 Å². The normalized spacial score (nSPS) is 48.2. The standard InChI is InChI=1S/C12H22O/c1-5-13-11(4)6-7-12(9(2)3)8-10(11)12/h9-10H,5-8H2,1-4H3/t10-,11?,12+/m0/s1. The van der Waals surface area contributed by atoms with Gasteiger partial charge in [-0.2, -0.15) is 0 Å². The predicted octanol–water partition coefficient (Wildman–Crippen LogP) is 3.24. The Kier molecular flexibility index (Phi) is 1.99. The molecule has 0 heterocycles. The molecule has 0 saturated heterocycles. The van der Waals surface area contributed by atoms with Gasteiger partial charge >= 0.3 is 0 Å². The van der Waals surface area contributed by atoms with E-state index in [9.17, 15) is 0 Å². The minimum Gasteiger partial charge on any atom is -0.375 e. The molecule has 0 bridgehead atoms. The maximum absolute atomic E-state index is 5.92. The Labute approximate surface area is 81.9 Å². The summed E-state index contributed by atoms with van der Waals surface area (Å²) >= 11 is 0. The van der Waals surface area contributed by atoms with Gasteiger partial charge in [0.05, 0.1) is 5.60 Å². The molecular formula is C12H22O. The maximum atomic E-state index is 5.92. The molecule has 2 fully saturated rings. The van der Waals surface area contributed by atoms with Gasteiger partial charge < -0.3 is 4.74 Å². The van der Waals surface area contributed by atoms with Gasteiger partial charge in [-0.15, -0.1) is 0 Å². The van der Waals surface area contributed by atoms with Gasteiger partial charge in [-0.1, -0.05) is 13.8 Å². The SMILES string of the molecule is CCOC1(C)CC[C@]2(C(C)C)C[C@@H]12. The molecule has 0 aromatic carbocycles. The van der Waals surface area contributed by atoms with Crippen molar-refractivity contribution < 1.29 is 4.74 Å². The van der Waals surface area contributed by atoms with Crippen LogP contribution in [0.1, 0.15) is 47.0 Å². The Morgan fingerprint density at radius 3 is 2.46 bits per heavy atom. The first-order valence-corrected chi connectivity index (χ1v) is 5.69. The van der Waals surface area contributed by atoms with Gasteiger partial charge in [-0.05, 0) is 50.4 Å². The van der Waals surface area contributed by atoms with Crippen LogP contribution in [0, 0.1) is 17.3 Å². The van der Waals surface area contributed by atoms with Crippen molar-refractivity contribution in [3.05, 3.63) is 0 Å². The van der Waals surface area contributed by atoms with Crippen LogP contribution in [0.15, 0.2) is 0 Å². The van der Waals surface area contributed by atoms with Crippen LogP contribution in [0.3, 0.4) is 0 Å². The molecule has 1 heteroatoms. The first kappa shape index (κ1) is 9.51. The number of rotatable bonds is 3. The van der Waals surface area contributed by atoms with Crippen LogP contribution in [0.25, 0.3) is 0 Å². The molecule has 0 spiro atoms. The average Bonchev–Trinajstić information content (AvgIpc) is 2.72. The van der Waals surface area contributed by atoms with Gasteiger partial charge in [-0.25, -0.2) is 0 Å². The average molecular weight is 182 g/mol. The summed E-state index contributed by atoms with van der Waals surface area (Å²) in [7, 11) is 0. The van der Waals surface area contributed by atoms with E-state index in [0.717, 1.165) is 18.4 Å². The Balaban J connectivity index is 2.08. The van der Waals surface area contributed by atoms with E-state index in [-0.39, 0.29) is 5.60 Å². The lowest BCUT2D eigenvalue weighted by molar-refractivity contribution is -0.0374. The second-order valence-electron chi connectivity index (χ2n) is 5.39. The van der Waals surface area contributed by atoms with Crippen LogP contribution in [0.5, 0.6) is 0 Å². The van der Waals surface area contributed by atoms with Gasteiger partial charge in [0.1, 0.15) is 0 Å². The van der Waals surface area contributed by atoms with Crippen molar-refractivity contribution in [1.82, 2.24) is 0 Å². The topological polar surface area (TPSA) is 9.23 Å². The Bertz CT molecular complexity index is 211. The van der Waals surface area contributed by atoms with E-state index in [2.05, 4.69) is 27.7 Å². The van der Waals surface area contributed by atoms with E-state index in [1.807, 2.05) is 0 Å². The molecule has 13 heavy (non-hydrogen) atoms. The lowest BCUT2D eigenvalue weighted by Gasteiger charge is -2.25. The summed E-state index contributed by atoms with van der Waals surface area (Å²) in [6.07, 6.45) is 4.09. The van der Waals surface area contributed by atoms with Crippen LogP contribution in [0.2, 0.25) is 0 Å². The second kappa shape index (κ2) is 2.73. The molecule has 0 aromatic rings. The molecule has 1 nitrogen and oxygen atoms in total. The van der Waals surface area contributed by atoms with Gasteiger partial charge in [-0.3, -0.25) is 0 Å². The van der Waals surface area contributed by atoms with E-state index >= 15 is 0 Å². The van der Waals surface area contributed by atoms with E-state index in [0.29, 0.717) is 5.41 Å². The van der Waals surface area contributed by atoms with Crippen molar-refractivity contribution >= 4 is 0 Å². The molecule has 0 aromatic heterocycles. The number of hydrogen-bond acceptors (Lipinski definition) is 1. The van der Waals surface area contributed by atoms with Crippen LogP contribution < -0.4 is 0 Å². The van der Waals surface area contributed by atoms with Crippen LogP contribution in [0.4, 0.5) is 0 Å². The van der Waals surface area contributed by atoms with Crippen molar-refractivity contribution in [2.45, 2.75) is 52.6 Å². The van der Waals surface area contributed by atoms with Crippen molar-refractivity contribution in [3.8, 4) is 0 Å². The minimum atomic E-state index is 0.221. The zero-order valence-corrected chi connectivity index (χ0v) is 9.39. The summed E-state index contributed by atoms with van der Waals surface area (Å²) in [6, 6.07) is 0. The van der Waals surface area contributed by atoms with Crippen LogP contribution in [-0.4, -0.2) is 12.2 Å². The number of ether oxygens (including phenoxy) is 1. The third-order valence-corrected chi connectivity index (χ3v) is 4.57. The zero-order chi connectivity index (χ0) is 9.69. The highest BCUT2D eigenvalue weighted by Crippen LogP contribution is 2.71. The fraction of sp³-hybridized carbons (Fsp3) is 1.00. The van der Waals surface area contributed by atoms with Crippen LogP contribution >= 0.6 is 0 Å². The summed E-state index contributed by atoms with van der Waals surface area (Å²) < 4.78 is 5.92. The molecule has 76 valence electrons. The zero-order valence-electron chi connectivity index (χ0n) is 9.39. The van der Waals surface area contributed by atoms with Crippen LogP contribution in [-0.2, 0) is 4.74 Å². The van der Waals surface area contributed by atoms with Gasteiger partial charge in [0.25, 0.3) is 0 Å². The lowest BCUT2D eigenvalue weighted by atomic mass is 9.90. The summed E-state index contributed by atoms with van der Waals surface area (Å²) in [4.78, 5) is 0. The molecule has 2 aliphatic carbocycles. The molecule has 0 radical (unpaired) electrons. The van der Waals surface area contributed by atoms with E-state index in [1.54, 1.807) is 0 Å². The highest BCUT2D eigenvalue weighted by Gasteiger charge is 2.67. The summed E-state index contributed by atoms with van der Waals surface area (Å²) in [5.41, 5.74) is 0.892. The Hall–Kier alpha value is -0.0400. The Morgan fingerprint density at radius 2 is 2.08 bits per heavy atom. The molecule has 0 amide bonds. The predicted molar refractivity (Wildman–Crippen MR) is 54.6 cm³/mol. The van der Waals surface area contributed by atoms with Crippen molar-refractivity contribution in [2.75, 3.05) is 6.61 Å². The smallest absolute Gasteiger partial charge is 0.0688 e. The molecule has 0 N–H and O–H groups in total. The molecule has 3 atom stereocenters. The first-order chi connectivity index (χ1) is 6.05. The third-order valence-electron chi connectivity index (χ3n) is 4.57. The number of hydrogen-bond donors (Lipinski definition) is 0. The quantitative estimate of drug-likeness (QED) is 0.651. The second-order valence-corrected chi connectivity index (χ2v) is 5.39. The summed E-state index contributed by atoms with van der Waals surface area (Å²) in [5, 5.41) is 0. The first-order valence-electron chi connectivity index (χ1n) is 5.69. The highest BCUT2D eigenvalue weighted by atomic mass is 16.5. The van der Waals surface area contributed by atoms with Crippen molar-refractivity contribution in [3.63, 3.8) is 0 Å². The largest absolute Gasteiger partial charge is 0.375 e. The molecule has 0 aliphatic heterocycles. The molecule has 2 rings (SSSR count). The fourth-order valence-corrected chi connectivity index (χ4v) is 3.51. The molecule has 1 unspecified atom stereocenters. The van der Waals surface area contributed by atoms with Gasteiger partial charge in [0.2, 0.25) is 0 Å². The lowest BCUT2D eigenvalue weighted by Crippen LogP contribution is -2.29. The monoisotopic (exact) mass is 182 g/mol. The molecule has 2 saturated carbocycles. The third kappa shape index (κ3) is 1.16. The molecule has 2 aliphatic rings. The Morgan fingerprint density at radius 1 is 1.38 bits per heavy atom. The summed E-state index contributed by atoms with van der Waals surface area (Å²) in [6.45, 7) is 10.1. The van der Waals surface area contributed by atoms with Crippen molar-refractivity contribution in [1.29, 1.82) is 0 Å². The highest BCUT2D eigenvalue weighted by molar-refractivity contribution is 5.17. The van der Waals surface area contributed by atoms with Crippen molar-refractivity contribution in [2.24, 2.45) is 17.3 Å². The van der Waals surface area contributed by atoms with E-state index in [4.69, 9.17) is 4.74 Å². The maximum Gasteiger partial charge on any atom is 0.0688 e. The van der Waals surface area contributed by atoms with E-state index < -0.39 is 0 Å². The fourth-order valence-electron chi connectivity index (χ4n) is 3.51. The number of fused-ring (bicyclic) bond motifs is 1. The minimum absolute atomic E-state index is 0.221. The molecular weight excluding hydrogens is 160 g/mol. The van der Waals surface area contributed by atoms with E-state index in [1.165, 1.54) is 19.3 Å².